The largest absolute Gasteiger partial charge is 0.493 e. The summed E-state index contributed by atoms with van der Waals surface area (Å²) in [5, 5.41) is 9.10. The lowest BCUT2D eigenvalue weighted by molar-refractivity contribution is -0.138. The average molecular weight is 364 g/mol. The minimum atomic E-state index is -0.858. The van der Waals surface area contributed by atoms with Gasteiger partial charge < -0.3 is 24.2 Å². The number of fused-ring (bicyclic) bond motifs is 3. The number of hydrogen-bond acceptors (Lipinski definition) is 6. The number of hydrogen-bond donors (Lipinski definition) is 1. The van der Waals surface area contributed by atoms with Crippen LogP contribution in [0.4, 0.5) is 0 Å². The number of aliphatic carboxylic acids is 1. The number of rotatable bonds is 5. The van der Waals surface area contributed by atoms with Crippen LogP contribution in [0, 0.1) is 5.92 Å². The first-order chi connectivity index (χ1) is 12.5. The van der Waals surface area contributed by atoms with Crippen LogP contribution < -0.4 is 9.47 Å². The van der Waals surface area contributed by atoms with E-state index in [1.165, 1.54) is 7.11 Å². The van der Waals surface area contributed by atoms with Gasteiger partial charge in [0.05, 0.1) is 40.0 Å². The SMILES string of the molecule is COc1ccc(C(=O)N2C[C@H]3COC[C@@H]2CN(CC(=O)O)C3)cc1OC. The van der Waals surface area contributed by atoms with Crippen molar-refractivity contribution in [3.8, 4) is 11.5 Å². The van der Waals surface area contributed by atoms with Gasteiger partial charge in [-0.05, 0) is 18.2 Å². The Morgan fingerprint density at radius 1 is 1.15 bits per heavy atom. The van der Waals surface area contributed by atoms with Crippen molar-refractivity contribution in [3.05, 3.63) is 23.8 Å². The number of carboxylic acid groups (broad SMARTS) is 1. The van der Waals surface area contributed by atoms with E-state index in [1.54, 1.807) is 30.2 Å². The fourth-order valence-corrected chi connectivity index (χ4v) is 3.64. The number of amides is 1. The molecule has 8 heteroatoms. The van der Waals surface area contributed by atoms with Gasteiger partial charge in [0.1, 0.15) is 0 Å². The molecule has 1 amide bonds. The molecule has 0 radical (unpaired) electrons. The first-order valence-corrected chi connectivity index (χ1v) is 8.56. The maximum Gasteiger partial charge on any atom is 0.317 e. The summed E-state index contributed by atoms with van der Waals surface area (Å²) in [5.41, 5.74) is 0.514. The Balaban J connectivity index is 1.83. The lowest BCUT2D eigenvalue weighted by atomic mass is 10.1. The molecule has 0 spiro atoms. The topological polar surface area (TPSA) is 88.5 Å². The second kappa shape index (κ2) is 7.92. The molecule has 0 aliphatic carbocycles. The third-order valence-electron chi connectivity index (χ3n) is 4.80. The van der Waals surface area contributed by atoms with E-state index in [-0.39, 0.29) is 24.4 Å². The smallest absolute Gasteiger partial charge is 0.317 e. The molecule has 2 aliphatic heterocycles. The van der Waals surface area contributed by atoms with E-state index in [1.807, 2.05) is 4.90 Å². The Hall–Kier alpha value is -2.32. The molecule has 26 heavy (non-hydrogen) atoms. The van der Waals surface area contributed by atoms with Crippen molar-refractivity contribution in [3.63, 3.8) is 0 Å². The lowest BCUT2D eigenvalue weighted by Crippen LogP contribution is -2.47. The van der Waals surface area contributed by atoms with Gasteiger partial charge in [0.2, 0.25) is 0 Å². The molecule has 8 nitrogen and oxygen atoms in total. The molecule has 1 N–H and O–H groups in total. The Morgan fingerprint density at radius 2 is 1.92 bits per heavy atom. The van der Waals surface area contributed by atoms with Crippen LogP contribution >= 0.6 is 0 Å². The summed E-state index contributed by atoms with van der Waals surface area (Å²) in [4.78, 5) is 27.9. The summed E-state index contributed by atoms with van der Waals surface area (Å²) < 4.78 is 16.2. The molecule has 0 saturated carbocycles. The molecule has 0 unspecified atom stereocenters. The fourth-order valence-electron chi connectivity index (χ4n) is 3.64. The number of carbonyl (C=O) groups is 2. The number of nitrogens with zero attached hydrogens (tertiary/aromatic N) is 2. The highest BCUT2D eigenvalue weighted by molar-refractivity contribution is 5.95. The molecule has 2 saturated heterocycles. The predicted octanol–water partition coefficient (Wildman–Crippen LogP) is 0.561. The summed E-state index contributed by atoms with van der Waals surface area (Å²) in [5.74, 6) is 0.188. The highest BCUT2D eigenvalue weighted by atomic mass is 16.5. The summed E-state index contributed by atoms with van der Waals surface area (Å²) in [6.07, 6.45) is 0. The zero-order valence-corrected chi connectivity index (χ0v) is 15.0. The van der Waals surface area contributed by atoms with Crippen molar-refractivity contribution >= 4 is 11.9 Å². The van der Waals surface area contributed by atoms with Crippen LogP contribution in [0.3, 0.4) is 0 Å². The Morgan fingerprint density at radius 3 is 2.62 bits per heavy atom. The first kappa shape index (κ1) is 18.5. The molecule has 2 atom stereocenters. The van der Waals surface area contributed by atoms with Crippen LogP contribution in [0.5, 0.6) is 11.5 Å². The second-order valence-electron chi connectivity index (χ2n) is 6.67. The van der Waals surface area contributed by atoms with Crippen LogP contribution in [-0.4, -0.2) is 86.4 Å². The van der Waals surface area contributed by atoms with Crippen LogP contribution in [0.25, 0.3) is 0 Å². The maximum absolute atomic E-state index is 13.1. The molecule has 2 bridgehead atoms. The van der Waals surface area contributed by atoms with E-state index in [4.69, 9.17) is 19.3 Å². The quantitative estimate of drug-likeness (QED) is 0.817. The molecule has 3 rings (SSSR count). The van der Waals surface area contributed by atoms with E-state index in [9.17, 15) is 9.59 Å². The molecule has 1 aromatic rings. The monoisotopic (exact) mass is 364 g/mol. The van der Waals surface area contributed by atoms with Gasteiger partial charge in [-0.1, -0.05) is 0 Å². The third kappa shape index (κ3) is 3.91. The predicted molar refractivity (Wildman–Crippen MR) is 92.8 cm³/mol. The average Bonchev–Trinajstić information content (AvgIpc) is 2.90. The van der Waals surface area contributed by atoms with Crippen LogP contribution in [0.15, 0.2) is 18.2 Å². The first-order valence-electron chi connectivity index (χ1n) is 8.56. The van der Waals surface area contributed by atoms with Gasteiger partial charge in [-0.25, -0.2) is 0 Å². The molecular formula is C18H24N2O6. The number of methoxy groups -OCH3 is 2. The van der Waals surface area contributed by atoms with Crippen molar-refractivity contribution in [1.82, 2.24) is 9.80 Å². The van der Waals surface area contributed by atoms with Crippen molar-refractivity contribution < 1.29 is 28.9 Å². The summed E-state index contributed by atoms with van der Waals surface area (Å²) >= 11 is 0. The number of carbonyl (C=O) groups excluding carboxylic acids is 1. The zero-order chi connectivity index (χ0) is 18.7. The van der Waals surface area contributed by atoms with Crippen LogP contribution in [0.1, 0.15) is 10.4 Å². The molecule has 2 fully saturated rings. The summed E-state index contributed by atoms with van der Waals surface area (Å²) in [6, 6.07) is 4.92. The van der Waals surface area contributed by atoms with Crippen molar-refractivity contribution in [2.24, 2.45) is 5.92 Å². The standard InChI is InChI=1S/C18H24N2O6/c1-24-15-4-3-13(5-16(15)25-2)18(23)20-7-12-6-19(9-17(21)22)8-14(20)11-26-10-12/h3-5,12,14H,6-11H2,1-2H3,(H,21,22)/t12-,14-/m0/s1. The Kier molecular flexibility index (Phi) is 5.63. The highest BCUT2D eigenvalue weighted by Crippen LogP contribution is 2.29. The highest BCUT2D eigenvalue weighted by Gasteiger charge is 2.36. The third-order valence-corrected chi connectivity index (χ3v) is 4.80. The summed E-state index contributed by atoms with van der Waals surface area (Å²) in [6.45, 7) is 2.56. The van der Waals surface area contributed by atoms with Gasteiger partial charge in [-0.3, -0.25) is 14.5 Å². The minimum absolute atomic E-state index is 0.0224. The lowest BCUT2D eigenvalue weighted by Gasteiger charge is -2.30. The Bertz CT molecular complexity index is 680. The van der Waals surface area contributed by atoms with E-state index in [2.05, 4.69) is 0 Å². The van der Waals surface area contributed by atoms with Crippen molar-refractivity contribution in [2.45, 2.75) is 6.04 Å². The van der Waals surface area contributed by atoms with Gasteiger partial charge in [0.25, 0.3) is 5.91 Å². The van der Waals surface area contributed by atoms with Gasteiger partial charge in [-0.2, -0.15) is 0 Å². The molecule has 2 heterocycles. The number of ether oxygens (including phenoxy) is 3. The van der Waals surface area contributed by atoms with E-state index >= 15 is 0 Å². The normalized spacial score (nSPS) is 23.2. The fraction of sp³-hybridized carbons (Fsp3) is 0.556. The van der Waals surface area contributed by atoms with Crippen LogP contribution in [0.2, 0.25) is 0 Å². The number of benzene rings is 1. The zero-order valence-electron chi connectivity index (χ0n) is 15.0. The van der Waals surface area contributed by atoms with Crippen molar-refractivity contribution in [2.75, 3.05) is 53.6 Å². The molecule has 1 aromatic carbocycles. The van der Waals surface area contributed by atoms with Gasteiger partial charge in [-0.15, -0.1) is 0 Å². The maximum atomic E-state index is 13.1. The van der Waals surface area contributed by atoms with E-state index in [0.717, 1.165) is 0 Å². The molecular weight excluding hydrogens is 340 g/mol. The van der Waals surface area contributed by atoms with Gasteiger partial charge in [0, 0.05) is 31.1 Å². The van der Waals surface area contributed by atoms with Gasteiger partial charge in [0.15, 0.2) is 11.5 Å². The van der Waals surface area contributed by atoms with E-state index < -0.39 is 5.97 Å². The molecule has 0 aromatic heterocycles. The summed E-state index contributed by atoms with van der Waals surface area (Å²) in [7, 11) is 3.08. The van der Waals surface area contributed by atoms with E-state index in [0.29, 0.717) is 49.9 Å². The minimum Gasteiger partial charge on any atom is -0.493 e. The molecule has 2 aliphatic rings. The number of carboxylic acids is 1. The second-order valence-corrected chi connectivity index (χ2v) is 6.67. The van der Waals surface area contributed by atoms with Gasteiger partial charge >= 0.3 is 5.97 Å². The van der Waals surface area contributed by atoms with Crippen LogP contribution in [-0.2, 0) is 9.53 Å². The molecule has 142 valence electrons. The Labute approximate surface area is 152 Å². The van der Waals surface area contributed by atoms with Crippen molar-refractivity contribution in [1.29, 1.82) is 0 Å².